The summed E-state index contributed by atoms with van der Waals surface area (Å²) in [5.74, 6) is 0.158. The van der Waals surface area contributed by atoms with E-state index in [2.05, 4.69) is 0 Å². The van der Waals surface area contributed by atoms with E-state index in [1.807, 2.05) is 27.3 Å². The summed E-state index contributed by atoms with van der Waals surface area (Å²) in [5.41, 5.74) is 0.753. The summed E-state index contributed by atoms with van der Waals surface area (Å²) >= 11 is 1.67. The zero-order chi connectivity index (χ0) is 16.9. The fraction of sp³-hybridized carbons (Fsp3) is 0.353. The normalized spacial score (nSPS) is 14.7. The lowest BCUT2D eigenvalue weighted by Crippen LogP contribution is -2.49. The summed E-state index contributed by atoms with van der Waals surface area (Å²) in [6.45, 7) is 2.45. The number of aryl methyl sites for hydroxylation is 1. The van der Waals surface area contributed by atoms with Crippen molar-refractivity contribution < 1.29 is 9.72 Å². The highest BCUT2D eigenvalue weighted by molar-refractivity contribution is 7.09. The van der Waals surface area contributed by atoms with Crippen LogP contribution in [0.5, 0.6) is 0 Å². The highest BCUT2D eigenvalue weighted by atomic mass is 32.1. The number of carbonyl (C=O) groups excluding carboxylic acids is 1. The number of piperazine rings is 1. The van der Waals surface area contributed by atoms with Crippen LogP contribution in [-0.4, -0.2) is 41.9 Å². The van der Waals surface area contributed by atoms with Gasteiger partial charge < -0.3 is 9.80 Å². The van der Waals surface area contributed by atoms with Gasteiger partial charge in [-0.1, -0.05) is 18.2 Å². The summed E-state index contributed by atoms with van der Waals surface area (Å²) in [5, 5.41) is 13.2. The Balaban J connectivity index is 1.56. The molecule has 3 rings (SSSR count). The zero-order valence-electron chi connectivity index (χ0n) is 13.3. The molecule has 0 unspecified atom stereocenters. The highest BCUT2D eigenvalue weighted by Gasteiger charge is 2.25. The van der Waals surface area contributed by atoms with Gasteiger partial charge in [0.05, 0.1) is 4.92 Å². The third-order valence-electron chi connectivity index (χ3n) is 4.22. The van der Waals surface area contributed by atoms with Crippen LogP contribution in [0, 0.1) is 10.1 Å². The first-order chi connectivity index (χ1) is 11.6. The molecule has 1 aromatic heterocycles. The van der Waals surface area contributed by atoms with E-state index in [1.54, 1.807) is 29.5 Å². The number of nitro groups is 1. The number of rotatable bonds is 5. The van der Waals surface area contributed by atoms with Crippen LogP contribution < -0.4 is 4.90 Å². The van der Waals surface area contributed by atoms with Crippen LogP contribution in [0.4, 0.5) is 11.4 Å². The number of amides is 1. The van der Waals surface area contributed by atoms with Crippen LogP contribution in [-0.2, 0) is 11.2 Å². The summed E-state index contributed by atoms with van der Waals surface area (Å²) in [7, 11) is 0. The maximum atomic E-state index is 12.3. The van der Waals surface area contributed by atoms with Crippen LogP contribution in [0.15, 0.2) is 41.8 Å². The zero-order valence-corrected chi connectivity index (χ0v) is 14.1. The Hall–Kier alpha value is -2.41. The molecule has 0 N–H and O–H groups in total. The van der Waals surface area contributed by atoms with Gasteiger partial charge in [0.15, 0.2) is 0 Å². The van der Waals surface area contributed by atoms with Gasteiger partial charge >= 0.3 is 0 Å². The maximum absolute atomic E-state index is 12.3. The van der Waals surface area contributed by atoms with Gasteiger partial charge in [-0.15, -0.1) is 11.3 Å². The van der Waals surface area contributed by atoms with E-state index >= 15 is 0 Å². The minimum atomic E-state index is -0.353. The summed E-state index contributed by atoms with van der Waals surface area (Å²) in [6.07, 6.45) is 1.30. The first kappa shape index (κ1) is 16.4. The topological polar surface area (TPSA) is 66.7 Å². The third kappa shape index (κ3) is 3.73. The molecular weight excluding hydrogens is 326 g/mol. The number of hydrogen-bond acceptors (Lipinski definition) is 5. The van der Waals surface area contributed by atoms with Gasteiger partial charge in [0, 0.05) is 43.5 Å². The van der Waals surface area contributed by atoms with E-state index in [-0.39, 0.29) is 16.5 Å². The second-order valence-electron chi connectivity index (χ2n) is 5.69. The lowest BCUT2D eigenvalue weighted by atomic mass is 10.2. The van der Waals surface area contributed by atoms with E-state index < -0.39 is 0 Å². The molecule has 24 heavy (non-hydrogen) atoms. The Labute approximate surface area is 144 Å². The molecule has 126 valence electrons. The van der Waals surface area contributed by atoms with E-state index in [0.29, 0.717) is 38.3 Å². The molecular formula is C17H19N3O3S. The number of hydrogen-bond donors (Lipinski definition) is 0. The maximum Gasteiger partial charge on any atom is 0.292 e. The molecule has 1 aliphatic heterocycles. The van der Waals surface area contributed by atoms with Crippen molar-refractivity contribution in [3.8, 4) is 0 Å². The van der Waals surface area contributed by atoms with Crippen LogP contribution in [0.1, 0.15) is 11.3 Å². The molecule has 1 saturated heterocycles. The molecule has 1 fully saturated rings. The van der Waals surface area contributed by atoms with Gasteiger partial charge in [-0.2, -0.15) is 0 Å². The van der Waals surface area contributed by atoms with E-state index in [4.69, 9.17) is 0 Å². The second-order valence-corrected chi connectivity index (χ2v) is 6.73. The lowest BCUT2D eigenvalue weighted by molar-refractivity contribution is -0.384. The van der Waals surface area contributed by atoms with Crippen molar-refractivity contribution in [2.24, 2.45) is 0 Å². The Kier molecular flexibility index (Phi) is 5.10. The predicted molar refractivity (Wildman–Crippen MR) is 94.5 cm³/mol. The van der Waals surface area contributed by atoms with Gasteiger partial charge in [0.25, 0.3) is 5.69 Å². The van der Waals surface area contributed by atoms with Gasteiger partial charge in [0.1, 0.15) is 5.69 Å². The minimum Gasteiger partial charge on any atom is -0.362 e. The molecule has 1 aliphatic rings. The standard InChI is InChI=1S/C17H19N3O3S/c21-17(8-7-14-4-3-13-24-14)19-11-9-18(10-12-19)15-5-1-2-6-16(15)20(22)23/h1-6,13H,7-12H2. The average molecular weight is 345 g/mol. The molecule has 2 aromatic rings. The Bertz CT molecular complexity index is 710. The van der Waals surface area contributed by atoms with Crippen molar-refractivity contribution in [2.45, 2.75) is 12.8 Å². The second kappa shape index (κ2) is 7.44. The predicted octanol–water partition coefficient (Wildman–Crippen LogP) is 2.94. The van der Waals surface area contributed by atoms with Gasteiger partial charge in [-0.25, -0.2) is 0 Å². The van der Waals surface area contributed by atoms with Crippen molar-refractivity contribution in [3.63, 3.8) is 0 Å². The van der Waals surface area contributed by atoms with Crippen LogP contribution in [0.2, 0.25) is 0 Å². The van der Waals surface area contributed by atoms with E-state index in [0.717, 1.165) is 6.42 Å². The molecule has 1 amide bonds. The average Bonchev–Trinajstić information content (AvgIpc) is 3.13. The van der Waals surface area contributed by atoms with Crippen molar-refractivity contribution in [2.75, 3.05) is 31.1 Å². The van der Waals surface area contributed by atoms with Crippen molar-refractivity contribution in [1.82, 2.24) is 4.90 Å². The molecule has 0 saturated carbocycles. The molecule has 0 bridgehead atoms. The van der Waals surface area contributed by atoms with Crippen molar-refractivity contribution >= 4 is 28.6 Å². The third-order valence-corrected chi connectivity index (χ3v) is 5.15. The fourth-order valence-corrected chi connectivity index (χ4v) is 3.63. The Morgan fingerprint density at radius 1 is 1.12 bits per heavy atom. The molecule has 0 radical (unpaired) electrons. The molecule has 1 aromatic carbocycles. The monoisotopic (exact) mass is 345 g/mol. The first-order valence-corrected chi connectivity index (χ1v) is 8.81. The molecule has 2 heterocycles. The Morgan fingerprint density at radius 2 is 1.88 bits per heavy atom. The number of nitrogens with zero attached hydrogens (tertiary/aromatic N) is 3. The van der Waals surface area contributed by atoms with Crippen molar-refractivity contribution in [1.29, 1.82) is 0 Å². The van der Waals surface area contributed by atoms with Crippen LogP contribution in [0.25, 0.3) is 0 Å². The van der Waals surface area contributed by atoms with Gasteiger partial charge in [0.2, 0.25) is 5.91 Å². The summed E-state index contributed by atoms with van der Waals surface area (Å²) in [6, 6.07) is 10.8. The smallest absolute Gasteiger partial charge is 0.292 e. The fourth-order valence-electron chi connectivity index (χ4n) is 2.93. The van der Waals surface area contributed by atoms with E-state index in [9.17, 15) is 14.9 Å². The lowest BCUT2D eigenvalue weighted by Gasteiger charge is -2.35. The molecule has 0 atom stereocenters. The highest BCUT2D eigenvalue weighted by Crippen LogP contribution is 2.28. The molecule has 7 heteroatoms. The number of thiophene rings is 1. The number of benzene rings is 1. The van der Waals surface area contributed by atoms with Crippen molar-refractivity contribution in [3.05, 3.63) is 56.8 Å². The number of para-hydroxylation sites is 2. The molecule has 0 spiro atoms. The van der Waals surface area contributed by atoms with E-state index in [1.165, 1.54) is 10.9 Å². The summed E-state index contributed by atoms with van der Waals surface area (Å²) < 4.78 is 0. The quantitative estimate of drug-likeness (QED) is 0.617. The largest absolute Gasteiger partial charge is 0.362 e. The SMILES string of the molecule is O=C(CCc1cccs1)N1CCN(c2ccccc2[N+](=O)[O-])CC1. The molecule has 6 nitrogen and oxygen atoms in total. The minimum absolute atomic E-state index is 0.120. The van der Waals surface area contributed by atoms with Gasteiger partial charge in [-0.05, 0) is 23.9 Å². The number of carbonyl (C=O) groups is 1. The Morgan fingerprint density at radius 3 is 2.54 bits per heavy atom. The van der Waals surface area contributed by atoms with Crippen LogP contribution >= 0.6 is 11.3 Å². The number of anilines is 1. The molecule has 0 aliphatic carbocycles. The number of nitro benzene ring substituents is 1. The van der Waals surface area contributed by atoms with Gasteiger partial charge in [-0.3, -0.25) is 14.9 Å². The summed E-state index contributed by atoms with van der Waals surface area (Å²) in [4.78, 5) is 28.2. The first-order valence-electron chi connectivity index (χ1n) is 7.93. The van der Waals surface area contributed by atoms with Crippen LogP contribution in [0.3, 0.4) is 0 Å².